The van der Waals surface area contributed by atoms with E-state index in [0.29, 0.717) is 0 Å². The first-order valence-electron chi connectivity index (χ1n) is 41.7. The number of para-hydroxylation sites is 12. The first-order chi connectivity index (χ1) is 61.0. The first-order valence-corrected chi connectivity index (χ1v) is 44.2. The second kappa shape index (κ2) is 25.5. The molecule has 0 saturated heterocycles. The van der Waals surface area contributed by atoms with Crippen molar-refractivity contribution in [2.75, 3.05) is 0 Å². The quantitative estimate of drug-likeness (QED) is 0.166. The second-order valence-corrected chi connectivity index (χ2v) is 35.7. The van der Waals surface area contributed by atoms with Gasteiger partial charge < -0.3 is 13.7 Å². The van der Waals surface area contributed by atoms with Crippen molar-refractivity contribution >= 4 is 275 Å². The molecule has 0 aliphatic heterocycles. The summed E-state index contributed by atoms with van der Waals surface area (Å²) < 4.78 is 22.2. The molecule has 12 heterocycles. The lowest BCUT2D eigenvalue weighted by atomic mass is 10.0. The topological polar surface area (TPSA) is 66.7 Å². The van der Waals surface area contributed by atoms with Crippen molar-refractivity contribution in [3.05, 3.63) is 382 Å². The van der Waals surface area contributed by atoms with Gasteiger partial charge in [-0.25, -0.2) is 15.0 Å². The van der Waals surface area contributed by atoms with E-state index in [0.717, 1.165) is 67.1 Å². The Kier molecular flexibility index (Phi) is 14.0. The van der Waals surface area contributed by atoms with Gasteiger partial charge in [0, 0.05) is 137 Å². The van der Waals surface area contributed by atoms with Crippen molar-refractivity contribution in [2.24, 2.45) is 0 Å². The molecule has 0 aliphatic carbocycles. The van der Waals surface area contributed by atoms with Crippen LogP contribution in [0.2, 0.25) is 0 Å². The predicted octanol–water partition coefficient (Wildman–Crippen LogP) is 30.8. The highest BCUT2D eigenvalue weighted by Gasteiger charge is 2.27. The van der Waals surface area contributed by atoms with Crippen molar-refractivity contribution in [1.29, 1.82) is 0 Å². The summed E-state index contributed by atoms with van der Waals surface area (Å²) in [6.45, 7) is 0. The summed E-state index contributed by atoms with van der Waals surface area (Å²) in [7, 11) is 0. The van der Waals surface area contributed by atoms with E-state index in [-0.39, 0.29) is 0 Å². The Morgan fingerprint density at radius 2 is 0.463 bits per heavy atom. The van der Waals surface area contributed by atoms with E-state index in [1.165, 1.54) is 191 Å². The summed E-state index contributed by atoms with van der Waals surface area (Å²) in [5.74, 6) is 0. The highest BCUT2D eigenvalue weighted by molar-refractivity contribution is 7.26. The lowest BCUT2D eigenvalue weighted by Gasteiger charge is -2.13. The van der Waals surface area contributed by atoms with E-state index in [1.54, 1.807) is 0 Å². The van der Waals surface area contributed by atoms with Crippen LogP contribution in [0.3, 0.4) is 0 Å². The van der Waals surface area contributed by atoms with Crippen LogP contribution in [-0.4, -0.2) is 41.9 Å². The summed E-state index contributed by atoms with van der Waals surface area (Å²) in [5, 5.41) is 26.4. The van der Waals surface area contributed by atoms with Crippen molar-refractivity contribution < 1.29 is 0 Å². The fourth-order valence-corrected chi connectivity index (χ4v) is 24.1. The van der Waals surface area contributed by atoms with E-state index in [2.05, 4.69) is 409 Å². The van der Waals surface area contributed by atoms with Gasteiger partial charge in [-0.15, -0.1) is 34.0 Å². The normalized spacial score (nSPS) is 12.4. The number of aromatic nitrogens is 9. The highest BCUT2D eigenvalue weighted by Crippen LogP contribution is 2.49. The number of hydrogen-bond acceptors (Lipinski definition) is 6. The maximum atomic E-state index is 5.33. The van der Waals surface area contributed by atoms with Gasteiger partial charge in [-0.05, 0) is 186 Å². The molecular formula is C111H63N9S3. The molecule has 0 atom stereocenters. The molecule has 0 saturated carbocycles. The molecule has 12 heteroatoms. The number of benzene rings is 18. The number of rotatable bonds is 3. The Labute approximate surface area is 710 Å². The predicted molar refractivity (Wildman–Crippen MR) is 525 cm³/mol. The summed E-state index contributed by atoms with van der Waals surface area (Å²) in [6.07, 6.45) is 0. The monoisotopic (exact) mass is 1620 g/mol. The van der Waals surface area contributed by atoms with Crippen LogP contribution in [0.15, 0.2) is 382 Å². The Balaban J connectivity index is 0.0000000946. The van der Waals surface area contributed by atoms with Crippen LogP contribution < -0.4 is 0 Å². The highest BCUT2D eigenvalue weighted by atomic mass is 32.1. The Morgan fingerprint density at radius 3 is 0.927 bits per heavy atom. The number of imidazole rings is 3. The third-order valence-corrected chi connectivity index (χ3v) is 29.4. The molecule has 570 valence electrons. The number of fused-ring (bicyclic) bond motifs is 43. The fraction of sp³-hybridized carbons (Fsp3) is 0. The van der Waals surface area contributed by atoms with Gasteiger partial charge in [0.15, 0.2) is 0 Å². The van der Waals surface area contributed by atoms with Crippen LogP contribution in [0.4, 0.5) is 0 Å². The summed E-state index contributed by atoms with van der Waals surface area (Å²) in [6, 6.07) is 139. The zero-order valence-corrected chi connectivity index (χ0v) is 68.1. The van der Waals surface area contributed by atoms with E-state index in [4.69, 9.17) is 15.0 Å². The zero-order valence-electron chi connectivity index (χ0n) is 65.6. The van der Waals surface area contributed by atoms with Crippen LogP contribution in [0.5, 0.6) is 0 Å². The lowest BCUT2D eigenvalue weighted by molar-refractivity contribution is 1.18. The molecule has 0 radical (unpaired) electrons. The molecule has 123 heavy (non-hydrogen) atoms. The van der Waals surface area contributed by atoms with Crippen LogP contribution in [0, 0.1) is 0 Å². The minimum absolute atomic E-state index is 0.998. The van der Waals surface area contributed by atoms with Gasteiger partial charge in [-0.1, -0.05) is 212 Å². The molecule has 30 aromatic rings. The Bertz CT molecular complexity index is 9860. The standard InChI is InChI=1S/3C37H21N3S/c1-2-10-22(11-3-1)39-31-15-7-4-12-23(31)26-18-25-27-21-36-28(24-13-5-9-17-35(24)41-36)19-34(27)40-32-16-8-6-14-30(32)38-37(40)29(25)20-33(26)39;1-2-10-22(11-3-1)39-31-15-7-4-12-23(31)26-18-25-27-19-28-24-13-5-9-17-35(24)41-36(28)21-34(27)40-32-16-8-6-14-30(32)38-37(40)29(25)20-33(26)39;1-2-10-22(11-3-1)39-30-15-7-4-12-23(30)26-19-18-25-27-21-34-28(24-13-5-9-17-33(24)41-34)20-32(27)40-31-16-8-6-14-29(31)38-37(40)35(25)36(26)39/h3*1-21H. The lowest BCUT2D eigenvalue weighted by Crippen LogP contribution is -1.97. The average Bonchev–Trinajstić information content (AvgIpc) is 1.55. The summed E-state index contributed by atoms with van der Waals surface area (Å²) in [5.41, 5.74) is 23.7. The molecular weight excluding hydrogens is 1560 g/mol. The number of pyridine rings is 3. The van der Waals surface area contributed by atoms with Crippen molar-refractivity contribution in [3.63, 3.8) is 0 Å². The van der Waals surface area contributed by atoms with Crippen molar-refractivity contribution in [2.45, 2.75) is 0 Å². The van der Waals surface area contributed by atoms with Gasteiger partial charge in [0.25, 0.3) is 0 Å². The molecule has 9 nitrogen and oxygen atoms in total. The first kappa shape index (κ1) is 67.3. The third kappa shape index (κ3) is 9.56. The molecule has 0 amide bonds. The molecule has 0 fully saturated rings. The van der Waals surface area contributed by atoms with Crippen molar-refractivity contribution in [3.8, 4) is 17.1 Å². The largest absolute Gasteiger partial charge is 0.309 e. The molecule has 0 spiro atoms. The van der Waals surface area contributed by atoms with Crippen LogP contribution in [0.25, 0.3) is 258 Å². The van der Waals surface area contributed by atoms with E-state index >= 15 is 0 Å². The minimum Gasteiger partial charge on any atom is -0.309 e. The number of nitrogens with zero attached hydrogens (tertiary/aromatic N) is 9. The Hall–Kier alpha value is -15.6. The molecule has 0 aliphatic rings. The van der Waals surface area contributed by atoms with Gasteiger partial charge in [-0.2, -0.15) is 0 Å². The fourth-order valence-electron chi connectivity index (χ4n) is 20.7. The SMILES string of the molecule is c1ccc(-n2c3ccccc3c3cc4c5cc6c(cc5n5c7ccccc7nc5c4cc32)sc2ccccc26)cc1.c1ccc(-n2c3ccccc3c3cc4c5cc6sc7ccccc7c6cc5n5c6ccccc6nc5c4cc32)cc1.c1ccc(-n2c3ccccc3c3ccc4c5cc6sc7ccccc7c6cc5n5c6ccccc6nc5c4c32)cc1. The Morgan fingerprint density at radius 1 is 0.163 bits per heavy atom. The van der Waals surface area contributed by atoms with Crippen LogP contribution >= 0.6 is 34.0 Å². The van der Waals surface area contributed by atoms with E-state index in [1.807, 2.05) is 34.0 Å². The second-order valence-electron chi connectivity index (χ2n) is 32.4. The van der Waals surface area contributed by atoms with Gasteiger partial charge >= 0.3 is 0 Å². The molecule has 0 bridgehead atoms. The zero-order chi connectivity index (χ0) is 80.0. The summed E-state index contributed by atoms with van der Waals surface area (Å²) >= 11 is 5.61. The number of hydrogen-bond donors (Lipinski definition) is 0. The smallest absolute Gasteiger partial charge is 0.148 e. The molecule has 18 aromatic carbocycles. The van der Waals surface area contributed by atoms with Gasteiger partial charge in [0.1, 0.15) is 16.9 Å². The molecule has 30 rings (SSSR count). The van der Waals surface area contributed by atoms with E-state index < -0.39 is 0 Å². The van der Waals surface area contributed by atoms with Gasteiger partial charge in [-0.3, -0.25) is 13.2 Å². The average molecular weight is 1620 g/mol. The summed E-state index contributed by atoms with van der Waals surface area (Å²) in [4.78, 5) is 15.8. The maximum Gasteiger partial charge on any atom is 0.148 e. The molecule has 12 aromatic heterocycles. The minimum atomic E-state index is 0.998. The van der Waals surface area contributed by atoms with E-state index in [9.17, 15) is 0 Å². The maximum absolute atomic E-state index is 5.33. The van der Waals surface area contributed by atoms with Gasteiger partial charge in [0.2, 0.25) is 0 Å². The number of thiophene rings is 3. The van der Waals surface area contributed by atoms with Crippen LogP contribution in [-0.2, 0) is 0 Å². The third-order valence-electron chi connectivity index (χ3n) is 26.0. The van der Waals surface area contributed by atoms with Gasteiger partial charge in [0.05, 0.1) is 88.1 Å². The molecule has 0 N–H and O–H groups in total. The van der Waals surface area contributed by atoms with Crippen molar-refractivity contribution in [1.82, 2.24) is 41.9 Å². The molecule has 0 unspecified atom stereocenters. The van der Waals surface area contributed by atoms with Crippen LogP contribution in [0.1, 0.15) is 0 Å².